The molecule has 1 saturated carbocycles. The number of fused-ring (bicyclic) bond motifs is 4. The van der Waals surface area contributed by atoms with Gasteiger partial charge in [0.2, 0.25) is 5.91 Å². The fourth-order valence-corrected chi connectivity index (χ4v) is 5.86. The molecule has 2 atom stereocenters. The van der Waals surface area contributed by atoms with Gasteiger partial charge >= 0.3 is 12.1 Å². The molecule has 2 aromatic carbocycles. The van der Waals surface area contributed by atoms with E-state index in [1.165, 1.54) is 17.2 Å². The molecule has 1 saturated heterocycles. The predicted octanol–water partition coefficient (Wildman–Crippen LogP) is 3.79. The highest BCUT2D eigenvalue weighted by Crippen LogP contribution is 2.49. The number of rotatable bonds is 6. The highest BCUT2D eigenvalue weighted by Gasteiger charge is 2.55. The Balaban J connectivity index is 1.11. The van der Waals surface area contributed by atoms with E-state index in [1.807, 2.05) is 24.3 Å². The molecule has 0 bridgehead atoms. The molecule has 7 heteroatoms. The molecule has 0 aromatic heterocycles. The minimum absolute atomic E-state index is 0.00792. The SMILES string of the molecule is O=C(NC/C=C/C(=O)N1CC2CCCC2(C(=O)O)C1)OCC1c2ccccc2-c2ccccc21. The average Bonchev–Trinajstić information content (AvgIpc) is 3.50. The number of carboxylic acids is 1. The zero-order valence-corrected chi connectivity index (χ0v) is 18.9. The Hall–Kier alpha value is -3.61. The van der Waals surface area contributed by atoms with E-state index < -0.39 is 17.5 Å². The van der Waals surface area contributed by atoms with E-state index in [2.05, 4.69) is 29.6 Å². The number of benzene rings is 2. The van der Waals surface area contributed by atoms with Crippen LogP contribution in [0.15, 0.2) is 60.7 Å². The summed E-state index contributed by atoms with van der Waals surface area (Å²) in [6.07, 6.45) is 4.82. The summed E-state index contributed by atoms with van der Waals surface area (Å²) >= 11 is 0. The van der Waals surface area contributed by atoms with Crippen LogP contribution in [0, 0.1) is 11.3 Å². The van der Waals surface area contributed by atoms with Crippen molar-refractivity contribution >= 4 is 18.0 Å². The molecular weight excluding hydrogens is 432 g/mol. The van der Waals surface area contributed by atoms with Crippen molar-refractivity contribution in [2.75, 3.05) is 26.2 Å². The monoisotopic (exact) mass is 460 g/mol. The lowest BCUT2D eigenvalue weighted by molar-refractivity contribution is -0.149. The second-order valence-electron chi connectivity index (χ2n) is 9.38. The van der Waals surface area contributed by atoms with Crippen molar-refractivity contribution in [1.29, 1.82) is 0 Å². The van der Waals surface area contributed by atoms with Crippen molar-refractivity contribution in [2.45, 2.75) is 25.2 Å². The first-order valence-corrected chi connectivity index (χ1v) is 11.8. The lowest BCUT2D eigenvalue weighted by atomic mass is 9.81. The summed E-state index contributed by atoms with van der Waals surface area (Å²) in [5, 5.41) is 12.3. The maximum Gasteiger partial charge on any atom is 0.407 e. The number of alkyl carbamates (subject to hydrolysis) is 1. The first kappa shape index (κ1) is 22.2. The molecule has 176 valence electrons. The van der Waals surface area contributed by atoms with Gasteiger partial charge in [0.1, 0.15) is 6.61 Å². The van der Waals surface area contributed by atoms with Crippen molar-refractivity contribution in [3.63, 3.8) is 0 Å². The number of carbonyl (C=O) groups is 3. The molecule has 2 aliphatic carbocycles. The number of aliphatic carboxylic acids is 1. The molecule has 2 N–H and O–H groups in total. The van der Waals surface area contributed by atoms with E-state index in [9.17, 15) is 19.5 Å². The summed E-state index contributed by atoms with van der Waals surface area (Å²) in [6.45, 7) is 1.13. The summed E-state index contributed by atoms with van der Waals surface area (Å²) in [5.41, 5.74) is 3.85. The Morgan fingerprint density at radius 2 is 1.76 bits per heavy atom. The minimum Gasteiger partial charge on any atom is -0.481 e. The van der Waals surface area contributed by atoms with Crippen LogP contribution in [0.5, 0.6) is 0 Å². The Bertz CT molecular complexity index is 1110. The van der Waals surface area contributed by atoms with Crippen LogP contribution in [0.25, 0.3) is 11.1 Å². The average molecular weight is 461 g/mol. The molecule has 5 rings (SSSR count). The molecule has 3 aliphatic rings. The fraction of sp³-hybridized carbons (Fsp3) is 0.370. The van der Waals surface area contributed by atoms with Crippen LogP contribution >= 0.6 is 0 Å². The first-order chi connectivity index (χ1) is 16.5. The molecule has 1 aliphatic heterocycles. The molecular formula is C27H28N2O5. The topological polar surface area (TPSA) is 95.9 Å². The van der Waals surface area contributed by atoms with Crippen molar-refractivity contribution in [1.82, 2.24) is 10.2 Å². The van der Waals surface area contributed by atoms with Gasteiger partial charge in [-0.3, -0.25) is 9.59 Å². The summed E-state index contributed by atoms with van der Waals surface area (Å²) in [4.78, 5) is 38.2. The van der Waals surface area contributed by atoms with E-state index in [0.29, 0.717) is 13.0 Å². The summed E-state index contributed by atoms with van der Waals surface area (Å²) in [7, 11) is 0. The maximum atomic E-state index is 12.5. The largest absolute Gasteiger partial charge is 0.481 e. The number of carboxylic acid groups (broad SMARTS) is 1. The first-order valence-electron chi connectivity index (χ1n) is 11.8. The van der Waals surface area contributed by atoms with Crippen molar-refractivity contribution in [3.8, 4) is 11.1 Å². The molecule has 2 aromatic rings. The van der Waals surface area contributed by atoms with Crippen LogP contribution < -0.4 is 5.32 Å². The maximum absolute atomic E-state index is 12.5. The van der Waals surface area contributed by atoms with E-state index in [1.54, 1.807) is 11.0 Å². The molecule has 7 nitrogen and oxygen atoms in total. The number of hydrogen-bond acceptors (Lipinski definition) is 4. The van der Waals surface area contributed by atoms with Gasteiger partial charge in [-0.15, -0.1) is 0 Å². The predicted molar refractivity (Wildman–Crippen MR) is 126 cm³/mol. The van der Waals surface area contributed by atoms with Crippen LogP contribution in [-0.4, -0.2) is 54.2 Å². The zero-order chi connectivity index (χ0) is 23.7. The lowest BCUT2D eigenvalue weighted by Gasteiger charge is -2.22. The smallest absolute Gasteiger partial charge is 0.407 e. The van der Waals surface area contributed by atoms with Gasteiger partial charge in [-0.1, -0.05) is 61.0 Å². The fourth-order valence-electron chi connectivity index (χ4n) is 5.86. The molecule has 2 unspecified atom stereocenters. The van der Waals surface area contributed by atoms with Gasteiger partial charge in [-0.05, 0) is 41.0 Å². The molecule has 1 heterocycles. The van der Waals surface area contributed by atoms with Gasteiger partial charge in [0.15, 0.2) is 0 Å². The van der Waals surface area contributed by atoms with Crippen LogP contribution in [0.4, 0.5) is 4.79 Å². The number of carbonyl (C=O) groups excluding carboxylic acids is 2. The van der Waals surface area contributed by atoms with E-state index >= 15 is 0 Å². The number of nitrogens with one attached hydrogen (secondary N) is 1. The van der Waals surface area contributed by atoms with Gasteiger partial charge in [-0.25, -0.2) is 4.79 Å². The van der Waals surface area contributed by atoms with Crippen LogP contribution in [0.2, 0.25) is 0 Å². The van der Waals surface area contributed by atoms with Gasteiger partial charge in [0.05, 0.1) is 5.41 Å². The summed E-state index contributed by atoms with van der Waals surface area (Å²) in [5.74, 6) is -0.997. The number of likely N-dealkylation sites (tertiary alicyclic amines) is 1. The third-order valence-corrected chi connectivity index (χ3v) is 7.58. The quantitative estimate of drug-likeness (QED) is 0.640. The number of amides is 2. The Morgan fingerprint density at radius 1 is 1.09 bits per heavy atom. The van der Waals surface area contributed by atoms with E-state index in [0.717, 1.165) is 24.0 Å². The number of ether oxygens (including phenoxy) is 1. The highest BCUT2D eigenvalue weighted by atomic mass is 16.5. The van der Waals surface area contributed by atoms with E-state index in [4.69, 9.17) is 4.74 Å². The zero-order valence-electron chi connectivity index (χ0n) is 18.9. The Morgan fingerprint density at radius 3 is 2.41 bits per heavy atom. The molecule has 0 radical (unpaired) electrons. The van der Waals surface area contributed by atoms with Gasteiger partial charge in [-0.2, -0.15) is 0 Å². The standard InChI is InChI=1S/C27H28N2O5/c30-24(29-15-18-7-5-13-27(18,17-29)25(31)32)12-6-14-28-26(33)34-16-23-21-10-3-1-8-19(21)20-9-2-4-11-22(20)23/h1-4,6,8-12,18,23H,5,7,13-17H2,(H,28,33)(H,31,32)/b12-6+. The van der Waals surface area contributed by atoms with Crippen LogP contribution in [0.3, 0.4) is 0 Å². The molecule has 2 fully saturated rings. The minimum atomic E-state index is -0.800. The van der Waals surface area contributed by atoms with Crippen molar-refractivity contribution < 1.29 is 24.2 Å². The second-order valence-corrected chi connectivity index (χ2v) is 9.38. The summed E-state index contributed by atoms with van der Waals surface area (Å²) in [6, 6.07) is 16.3. The second kappa shape index (κ2) is 8.97. The van der Waals surface area contributed by atoms with Crippen LogP contribution in [0.1, 0.15) is 36.3 Å². The molecule has 0 spiro atoms. The normalized spacial score (nSPS) is 22.9. The number of nitrogens with zero attached hydrogens (tertiary/aromatic N) is 1. The number of hydrogen-bond donors (Lipinski definition) is 2. The Labute approximate surface area is 198 Å². The van der Waals surface area contributed by atoms with Gasteiger partial charge in [0, 0.05) is 31.6 Å². The van der Waals surface area contributed by atoms with Crippen molar-refractivity contribution in [2.24, 2.45) is 11.3 Å². The Kier molecular flexibility index (Phi) is 5.86. The molecule has 2 amide bonds. The summed E-state index contributed by atoms with van der Waals surface area (Å²) < 4.78 is 5.49. The van der Waals surface area contributed by atoms with Crippen molar-refractivity contribution in [3.05, 3.63) is 71.8 Å². The highest BCUT2D eigenvalue weighted by molar-refractivity contribution is 5.89. The molecule has 34 heavy (non-hydrogen) atoms. The van der Waals surface area contributed by atoms with Crippen LogP contribution in [-0.2, 0) is 14.3 Å². The van der Waals surface area contributed by atoms with E-state index in [-0.39, 0.29) is 37.4 Å². The third kappa shape index (κ3) is 3.85. The third-order valence-electron chi connectivity index (χ3n) is 7.58. The lowest BCUT2D eigenvalue weighted by Crippen LogP contribution is -2.36. The van der Waals surface area contributed by atoms with Gasteiger partial charge in [0.25, 0.3) is 0 Å². The van der Waals surface area contributed by atoms with Gasteiger partial charge < -0.3 is 20.1 Å².